The minimum absolute atomic E-state index is 0.0143. The number of ether oxygens (including phenoxy) is 2. The molecule has 1 rings (SSSR count). The maximum Gasteiger partial charge on any atom is 0.306 e. The molecule has 0 bridgehead atoms. The van der Waals surface area contributed by atoms with Gasteiger partial charge in [-0.05, 0) is 33.7 Å². The molecular weight excluding hydrogens is 330 g/mol. The first-order valence-corrected chi connectivity index (χ1v) is 10.1. The molecule has 0 aromatic carbocycles. The lowest BCUT2D eigenvalue weighted by atomic mass is 9.74. The van der Waals surface area contributed by atoms with E-state index in [-0.39, 0.29) is 29.0 Å². The van der Waals surface area contributed by atoms with E-state index in [9.17, 15) is 9.59 Å². The topological polar surface area (TPSA) is 55.8 Å². The minimum atomic E-state index is -0.132. The summed E-state index contributed by atoms with van der Waals surface area (Å²) in [5.74, 6) is -0.193. The van der Waals surface area contributed by atoms with Gasteiger partial charge in [-0.1, -0.05) is 39.5 Å². The Balaban J connectivity index is 2.19. The van der Waals surface area contributed by atoms with E-state index in [1.165, 1.54) is 7.11 Å². The van der Waals surface area contributed by atoms with E-state index in [0.29, 0.717) is 12.8 Å². The van der Waals surface area contributed by atoms with Gasteiger partial charge < -0.3 is 14.4 Å². The molecule has 5 heteroatoms. The molecule has 1 unspecified atom stereocenters. The van der Waals surface area contributed by atoms with Gasteiger partial charge in [0.2, 0.25) is 0 Å². The summed E-state index contributed by atoms with van der Waals surface area (Å²) < 4.78 is 10.5. The van der Waals surface area contributed by atoms with Gasteiger partial charge in [-0.25, -0.2) is 0 Å². The number of piperidine rings is 1. The van der Waals surface area contributed by atoms with Gasteiger partial charge >= 0.3 is 11.9 Å². The average molecular weight is 370 g/mol. The molecule has 1 aliphatic heterocycles. The first kappa shape index (κ1) is 22.9. The SMILES string of the molecule is COC(=O)CCCCCCCCC(=O)OC1CC(C)(C)N(C)CC1(C)C. The van der Waals surface area contributed by atoms with E-state index in [2.05, 4.69) is 44.4 Å². The highest BCUT2D eigenvalue weighted by atomic mass is 16.5. The van der Waals surface area contributed by atoms with Crippen molar-refractivity contribution in [2.45, 2.75) is 97.1 Å². The Bertz CT molecular complexity index is 459. The average Bonchev–Trinajstić information content (AvgIpc) is 2.54. The predicted octanol–water partition coefficient (Wildman–Crippen LogP) is 4.33. The summed E-state index contributed by atoms with van der Waals surface area (Å²) in [6, 6.07) is 0. The van der Waals surface area contributed by atoms with Crippen LogP contribution in [0, 0.1) is 5.41 Å². The number of likely N-dealkylation sites (tertiary alicyclic amines) is 1. The molecule has 1 saturated heterocycles. The molecule has 1 heterocycles. The Labute approximate surface area is 159 Å². The van der Waals surface area contributed by atoms with Crippen molar-refractivity contribution in [2.24, 2.45) is 5.41 Å². The second kappa shape index (κ2) is 10.3. The van der Waals surface area contributed by atoms with E-state index >= 15 is 0 Å². The minimum Gasteiger partial charge on any atom is -0.469 e. The first-order chi connectivity index (χ1) is 12.1. The fraction of sp³-hybridized carbons (Fsp3) is 0.905. The number of nitrogens with zero attached hydrogens (tertiary/aromatic N) is 1. The van der Waals surface area contributed by atoms with Gasteiger partial charge in [-0.15, -0.1) is 0 Å². The monoisotopic (exact) mass is 369 g/mol. The second-order valence-electron chi connectivity index (χ2n) is 9.04. The van der Waals surface area contributed by atoms with Crippen LogP contribution < -0.4 is 0 Å². The molecule has 0 amide bonds. The molecule has 0 aromatic rings. The predicted molar refractivity (Wildman–Crippen MR) is 104 cm³/mol. The van der Waals surface area contributed by atoms with Gasteiger partial charge in [0.1, 0.15) is 6.10 Å². The normalized spacial score (nSPS) is 22.0. The lowest BCUT2D eigenvalue weighted by Crippen LogP contribution is -2.58. The number of unbranched alkanes of at least 4 members (excludes halogenated alkanes) is 5. The Morgan fingerprint density at radius 3 is 1.96 bits per heavy atom. The number of hydrogen-bond acceptors (Lipinski definition) is 5. The lowest BCUT2D eigenvalue weighted by Gasteiger charge is -2.51. The third-order valence-corrected chi connectivity index (χ3v) is 5.75. The fourth-order valence-corrected chi connectivity index (χ4v) is 3.58. The molecule has 5 nitrogen and oxygen atoms in total. The zero-order chi connectivity index (χ0) is 19.8. The standard InChI is InChI=1S/C21H39NO4/c1-20(2)16-22(5)21(3,4)15-17(20)26-19(24)14-12-10-8-7-9-11-13-18(23)25-6/h17H,7-16H2,1-6H3. The number of carbonyl (C=O) groups excluding carboxylic acids is 2. The van der Waals surface area contributed by atoms with Crippen molar-refractivity contribution in [3.8, 4) is 0 Å². The van der Waals surface area contributed by atoms with Crippen molar-refractivity contribution in [2.75, 3.05) is 20.7 Å². The third kappa shape index (κ3) is 7.65. The molecule has 1 aliphatic rings. The number of methoxy groups -OCH3 is 1. The molecule has 0 N–H and O–H groups in total. The van der Waals surface area contributed by atoms with Crippen LogP contribution in [0.1, 0.15) is 85.5 Å². The maximum absolute atomic E-state index is 12.2. The van der Waals surface area contributed by atoms with Crippen LogP contribution >= 0.6 is 0 Å². The molecule has 0 aromatic heterocycles. The maximum atomic E-state index is 12.2. The number of hydrogen-bond donors (Lipinski definition) is 0. The Morgan fingerprint density at radius 1 is 0.923 bits per heavy atom. The van der Waals surface area contributed by atoms with Crippen LogP contribution in [-0.4, -0.2) is 49.2 Å². The van der Waals surface area contributed by atoms with E-state index in [0.717, 1.165) is 51.5 Å². The quantitative estimate of drug-likeness (QED) is 0.424. The molecule has 26 heavy (non-hydrogen) atoms. The van der Waals surface area contributed by atoms with Gasteiger partial charge in [0, 0.05) is 36.8 Å². The van der Waals surface area contributed by atoms with Crippen LogP contribution in [0.3, 0.4) is 0 Å². The summed E-state index contributed by atoms with van der Waals surface area (Å²) in [4.78, 5) is 25.6. The smallest absolute Gasteiger partial charge is 0.306 e. The number of rotatable bonds is 10. The molecule has 1 atom stereocenters. The first-order valence-electron chi connectivity index (χ1n) is 10.1. The van der Waals surface area contributed by atoms with Crippen molar-refractivity contribution in [1.29, 1.82) is 0 Å². The Morgan fingerprint density at radius 2 is 1.42 bits per heavy atom. The largest absolute Gasteiger partial charge is 0.469 e. The van der Waals surface area contributed by atoms with E-state index < -0.39 is 0 Å². The molecule has 0 spiro atoms. The van der Waals surface area contributed by atoms with Gasteiger partial charge in [0.25, 0.3) is 0 Å². The Kier molecular flexibility index (Phi) is 9.08. The van der Waals surface area contributed by atoms with Gasteiger partial charge in [-0.2, -0.15) is 0 Å². The molecule has 152 valence electrons. The molecule has 0 saturated carbocycles. The highest BCUT2D eigenvalue weighted by Crippen LogP contribution is 2.39. The Hall–Kier alpha value is -1.10. The fourth-order valence-electron chi connectivity index (χ4n) is 3.58. The highest BCUT2D eigenvalue weighted by molar-refractivity contribution is 5.69. The van der Waals surface area contributed by atoms with Crippen molar-refractivity contribution >= 4 is 11.9 Å². The van der Waals surface area contributed by atoms with Crippen molar-refractivity contribution < 1.29 is 19.1 Å². The molecule has 0 radical (unpaired) electrons. The lowest BCUT2D eigenvalue weighted by molar-refractivity contribution is -0.165. The third-order valence-electron chi connectivity index (χ3n) is 5.75. The van der Waals surface area contributed by atoms with E-state index in [1.807, 2.05) is 0 Å². The summed E-state index contributed by atoms with van der Waals surface area (Å²) in [6.45, 7) is 9.73. The molecule has 0 aliphatic carbocycles. The van der Waals surface area contributed by atoms with Crippen LogP contribution in [0.5, 0.6) is 0 Å². The van der Waals surface area contributed by atoms with Crippen LogP contribution in [0.15, 0.2) is 0 Å². The summed E-state index contributed by atoms with van der Waals surface area (Å²) >= 11 is 0. The zero-order valence-corrected chi connectivity index (χ0v) is 17.7. The number of esters is 2. The van der Waals surface area contributed by atoms with Crippen molar-refractivity contribution in [1.82, 2.24) is 4.90 Å². The summed E-state index contributed by atoms with van der Waals surface area (Å²) in [5.41, 5.74) is 0.0459. The highest BCUT2D eigenvalue weighted by Gasteiger charge is 2.45. The van der Waals surface area contributed by atoms with Crippen LogP contribution in [0.2, 0.25) is 0 Å². The number of carbonyl (C=O) groups is 2. The second-order valence-corrected chi connectivity index (χ2v) is 9.04. The van der Waals surface area contributed by atoms with Crippen molar-refractivity contribution in [3.63, 3.8) is 0 Å². The summed E-state index contributed by atoms with van der Waals surface area (Å²) in [5, 5.41) is 0. The summed E-state index contributed by atoms with van der Waals surface area (Å²) in [6.07, 6.45) is 7.91. The van der Waals surface area contributed by atoms with Crippen molar-refractivity contribution in [3.05, 3.63) is 0 Å². The van der Waals surface area contributed by atoms with Gasteiger partial charge in [0.05, 0.1) is 7.11 Å². The van der Waals surface area contributed by atoms with Gasteiger partial charge in [0.15, 0.2) is 0 Å². The van der Waals surface area contributed by atoms with Crippen LogP contribution in [-0.2, 0) is 19.1 Å². The summed E-state index contributed by atoms with van der Waals surface area (Å²) in [7, 11) is 3.57. The van der Waals surface area contributed by atoms with Crippen LogP contribution in [0.25, 0.3) is 0 Å². The van der Waals surface area contributed by atoms with E-state index in [4.69, 9.17) is 4.74 Å². The van der Waals surface area contributed by atoms with Crippen LogP contribution in [0.4, 0.5) is 0 Å². The zero-order valence-electron chi connectivity index (χ0n) is 17.7. The molecule has 1 fully saturated rings. The molecular formula is C21H39NO4. The van der Waals surface area contributed by atoms with Gasteiger partial charge in [-0.3, -0.25) is 9.59 Å². The van der Waals surface area contributed by atoms with E-state index in [1.54, 1.807) is 0 Å².